The first-order valence-corrected chi connectivity index (χ1v) is 7.12. The lowest BCUT2D eigenvalue weighted by molar-refractivity contribution is -0.139. The maximum Gasteiger partial charge on any atom is 0.223 e. The van der Waals surface area contributed by atoms with E-state index in [4.69, 9.17) is 20.4 Å². The Kier molecular flexibility index (Phi) is 5.19. The molecular formula is C13H23N3O4. The van der Waals surface area contributed by atoms with Crippen LogP contribution in [0, 0.1) is 5.92 Å². The van der Waals surface area contributed by atoms with Crippen molar-refractivity contribution in [1.82, 2.24) is 4.90 Å². The van der Waals surface area contributed by atoms with Crippen LogP contribution in [0.25, 0.3) is 0 Å². The van der Waals surface area contributed by atoms with Crippen LogP contribution in [-0.4, -0.2) is 60.4 Å². The van der Waals surface area contributed by atoms with Gasteiger partial charge in [0, 0.05) is 19.6 Å². The number of amides is 1. The lowest BCUT2D eigenvalue weighted by Crippen LogP contribution is -2.51. The van der Waals surface area contributed by atoms with Gasteiger partial charge in [-0.25, -0.2) is 0 Å². The van der Waals surface area contributed by atoms with E-state index in [9.17, 15) is 4.79 Å². The molecule has 1 aliphatic heterocycles. The van der Waals surface area contributed by atoms with Crippen molar-refractivity contribution in [3.8, 4) is 0 Å². The van der Waals surface area contributed by atoms with E-state index in [-0.39, 0.29) is 11.7 Å². The van der Waals surface area contributed by atoms with E-state index in [1.165, 1.54) is 0 Å². The van der Waals surface area contributed by atoms with Gasteiger partial charge >= 0.3 is 0 Å². The van der Waals surface area contributed by atoms with Crippen LogP contribution in [0.5, 0.6) is 0 Å². The number of hydrogen-bond acceptors (Lipinski definition) is 5. The summed E-state index contributed by atoms with van der Waals surface area (Å²) in [6, 6.07) is 0. The molecule has 0 aromatic heterocycles. The highest BCUT2D eigenvalue weighted by atomic mass is 16.5. The van der Waals surface area contributed by atoms with Gasteiger partial charge in [0.1, 0.15) is 6.10 Å². The number of nitrogens with zero attached hydrogens (tertiary/aromatic N) is 2. The molecule has 0 aromatic rings. The van der Waals surface area contributed by atoms with Crippen molar-refractivity contribution in [3.05, 3.63) is 0 Å². The van der Waals surface area contributed by atoms with Gasteiger partial charge in [-0.05, 0) is 25.7 Å². The highest BCUT2D eigenvalue weighted by Crippen LogP contribution is 2.33. The fraction of sp³-hybridized carbons (Fsp3) is 0.846. The number of amidine groups is 1. The monoisotopic (exact) mass is 285 g/mol. The Labute approximate surface area is 118 Å². The number of hydrogen-bond donors (Lipinski definition) is 2. The quantitative estimate of drug-likeness (QED) is 0.325. The highest BCUT2D eigenvalue weighted by Gasteiger charge is 2.34. The summed E-state index contributed by atoms with van der Waals surface area (Å²) in [5.74, 6) is 0.552. The Morgan fingerprint density at radius 2 is 2.30 bits per heavy atom. The van der Waals surface area contributed by atoms with Gasteiger partial charge in [0.25, 0.3) is 0 Å². The first-order valence-electron chi connectivity index (χ1n) is 7.12. The van der Waals surface area contributed by atoms with Gasteiger partial charge in [-0.2, -0.15) is 0 Å². The van der Waals surface area contributed by atoms with Crippen LogP contribution in [0.4, 0.5) is 0 Å². The Bertz CT molecular complexity index is 369. The summed E-state index contributed by atoms with van der Waals surface area (Å²) in [7, 11) is 0. The molecule has 2 rings (SSSR count). The van der Waals surface area contributed by atoms with Crippen molar-refractivity contribution in [2.45, 2.75) is 38.4 Å². The normalized spacial score (nSPS) is 30.9. The molecule has 0 bridgehead atoms. The average molecular weight is 285 g/mol. The van der Waals surface area contributed by atoms with Crippen molar-refractivity contribution in [2.24, 2.45) is 16.8 Å². The zero-order valence-electron chi connectivity index (χ0n) is 11.8. The zero-order valence-corrected chi connectivity index (χ0v) is 11.8. The minimum absolute atomic E-state index is 0.0163. The number of carbonyl (C=O) groups is 1. The van der Waals surface area contributed by atoms with Crippen LogP contribution < -0.4 is 5.73 Å². The second-order valence-electron chi connectivity index (χ2n) is 5.34. The number of morpholine rings is 1. The fourth-order valence-electron chi connectivity index (χ4n) is 2.71. The molecule has 2 fully saturated rings. The summed E-state index contributed by atoms with van der Waals surface area (Å²) in [6.45, 7) is 4.06. The summed E-state index contributed by atoms with van der Waals surface area (Å²) in [5.41, 5.74) is 5.52. The van der Waals surface area contributed by atoms with Crippen molar-refractivity contribution in [3.63, 3.8) is 0 Å². The molecule has 1 atom stereocenters. The van der Waals surface area contributed by atoms with E-state index >= 15 is 0 Å². The van der Waals surface area contributed by atoms with E-state index in [2.05, 4.69) is 5.16 Å². The van der Waals surface area contributed by atoms with Crippen molar-refractivity contribution in [1.29, 1.82) is 0 Å². The Morgan fingerprint density at radius 1 is 1.55 bits per heavy atom. The van der Waals surface area contributed by atoms with Gasteiger partial charge in [-0.1, -0.05) is 5.16 Å². The lowest BCUT2D eigenvalue weighted by atomic mass is 9.79. The minimum atomic E-state index is -0.504. The molecule has 0 aromatic carbocycles. The first kappa shape index (κ1) is 15.1. The topological polar surface area (TPSA) is 97.4 Å². The third-order valence-electron chi connectivity index (χ3n) is 3.92. The Balaban J connectivity index is 1.75. The van der Waals surface area contributed by atoms with E-state index in [0.717, 1.165) is 19.4 Å². The Morgan fingerprint density at radius 3 is 2.95 bits per heavy atom. The molecule has 0 spiro atoms. The second-order valence-corrected chi connectivity index (χ2v) is 5.34. The predicted molar refractivity (Wildman–Crippen MR) is 72.5 cm³/mol. The molecule has 0 radical (unpaired) electrons. The Hall–Kier alpha value is -1.34. The fourth-order valence-corrected chi connectivity index (χ4v) is 2.71. The standard InChI is InChI=1S/C13H23N3O4/c1-2-19-10-5-9(6-10)7-12(17)16-3-4-20-11(8-16)13(14)15-18/h9-11,18H,2-8H2,1H3,(H2,14,15). The maximum atomic E-state index is 12.2. The van der Waals surface area contributed by atoms with Gasteiger partial charge in [0.15, 0.2) is 5.84 Å². The van der Waals surface area contributed by atoms with Crippen LogP contribution in [0.1, 0.15) is 26.2 Å². The number of ether oxygens (including phenoxy) is 2. The molecule has 1 heterocycles. The molecule has 20 heavy (non-hydrogen) atoms. The van der Waals surface area contributed by atoms with E-state index in [1.54, 1.807) is 4.90 Å². The van der Waals surface area contributed by atoms with Gasteiger partial charge in [0.05, 0.1) is 19.3 Å². The largest absolute Gasteiger partial charge is 0.409 e. The maximum absolute atomic E-state index is 12.2. The van der Waals surface area contributed by atoms with E-state index in [1.807, 2.05) is 6.92 Å². The van der Waals surface area contributed by atoms with Crippen molar-refractivity contribution in [2.75, 3.05) is 26.3 Å². The lowest BCUT2D eigenvalue weighted by Gasteiger charge is -2.37. The molecular weight excluding hydrogens is 262 g/mol. The summed E-state index contributed by atoms with van der Waals surface area (Å²) in [6.07, 6.45) is 2.30. The second kappa shape index (κ2) is 6.90. The molecule has 3 N–H and O–H groups in total. The summed E-state index contributed by atoms with van der Waals surface area (Å²) in [5, 5.41) is 11.6. The van der Waals surface area contributed by atoms with E-state index < -0.39 is 6.10 Å². The molecule has 7 nitrogen and oxygen atoms in total. The minimum Gasteiger partial charge on any atom is -0.409 e. The van der Waals surface area contributed by atoms with Crippen LogP contribution >= 0.6 is 0 Å². The van der Waals surface area contributed by atoms with Gasteiger partial charge in [-0.3, -0.25) is 4.79 Å². The summed E-state index contributed by atoms with van der Waals surface area (Å²) in [4.78, 5) is 13.9. The molecule has 2 aliphatic rings. The molecule has 1 saturated carbocycles. The van der Waals surface area contributed by atoms with Crippen LogP contribution in [0.15, 0.2) is 5.16 Å². The number of nitrogens with two attached hydrogens (primary N) is 1. The SMILES string of the molecule is CCOC1CC(CC(=O)N2CCOC(C(N)=NO)C2)C1. The van der Waals surface area contributed by atoms with Crippen LogP contribution in [0.3, 0.4) is 0 Å². The average Bonchev–Trinajstić information content (AvgIpc) is 2.44. The molecule has 1 aliphatic carbocycles. The van der Waals surface area contributed by atoms with Gasteiger partial charge in [-0.15, -0.1) is 0 Å². The number of carbonyl (C=O) groups excluding carboxylic acids is 1. The summed E-state index contributed by atoms with van der Waals surface area (Å²) < 4.78 is 10.9. The first-order chi connectivity index (χ1) is 9.63. The molecule has 114 valence electrons. The summed E-state index contributed by atoms with van der Waals surface area (Å²) >= 11 is 0. The third-order valence-corrected chi connectivity index (χ3v) is 3.92. The highest BCUT2D eigenvalue weighted by molar-refractivity contribution is 5.85. The van der Waals surface area contributed by atoms with Gasteiger partial charge in [0.2, 0.25) is 5.91 Å². The molecule has 7 heteroatoms. The zero-order chi connectivity index (χ0) is 14.5. The smallest absolute Gasteiger partial charge is 0.223 e. The molecule has 1 unspecified atom stereocenters. The van der Waals surface area contributed by atoms with Crippen molar-refractivity contribution < 1.29 is 19.5 Å². The predicted octanol–water partition coefficient (Wildman–Crippen LogP) is 0.165. The molecule has 1 amide bonds. The van der Waals surface area contributed by atoms with Crippen molar-refractivity contribution >= 4 is 11.7 Å². The van der Waals surface area contributed by atoms with E-state index in [0.29, 0.717) is 38.1 Å². The molecule has 1 saturated heterocycles. The number of rotatable bonds is 5. The van der Waals surface area contributed by atoms with Crippen LogP contribution in [0.2, 0.25) is 0 Å². The van der Waals surface area contributed by atoms with Crippen LogP contribution in [-0.2, 0) is 14.3 Å². The third kappa shape index (κ3) is 3.61. The van der Waals surface area contributed by atoms with Gasteiger partial charge < -0.3 is 25.3 Å². The number of oxime groups is 1.